The van der Waals surface area contributed by atoms with Crippen molar-refractivity contribution in [2.45, 2.75) is 19.8 Å². The van der Waals surface area contributed by atoms with Gasteiger partial charge in [-0.2, -0.15) is 0 Å². The zero-order valence-corrected chi connectivity index (χ0v) is 14.0. The van der Waals surface area contributed by atoms with Crippen LogP contribution in [0.25, 0.3) is 0 Å². The highest BCUT2D eigenvalue weighted by molar-refractivity contribution is 5.94. The summed E-state index contributed by atoms with van der Waals surface area (Å²) >= 11 is 0. The van der Waals surface area contributed by atoms with Crippen LogP contribution in [0, 0.1) is 5.92 Å². The average molecular weight is 340 g/mol. The zero-order valence-electron chi connectivity index (χ0n) is 14.0. The molecule has 2 heterocycles. The number of hydrogen-bond acceptors (Lipinski definition) is 6. The second kappa shape index (κ2) is 7.29. The normalized spacial score (nSPS) is 15.0. The Labute approximate surface area is 145 Å². The van der Waals surface area contributed by atoms with Gasteiger partial charge in [0, 0.05) is 30.4 Å². The molecule has 0 saturated carbocycles. The number of nitrogens with zero attached hydrogens (tertiary/aromatic N) is 3. The lowest BCUT2D eigenvalue weighted by atomic mass is 9.97. The van der Waals surface area contributed by atoms with Gasteiger partial charge in [0.15, 0.2) is 5.78 Å². The Kier molecular flexibility index (Phi) is 4.92. The SMILES string of the molecule is CC(=O)c1ccc(Nc2cc(N3CCC(C(=O)O)CC3)ncn2)cc1. The van der Waals surface area contributed by atoms with Crippen LogP contribution in [0.2, 0.25) is 0 Å². The van der Waals surface area contributed by atoms with E-state index in [1.54, 1.807) is 12.1 Å². The summed E-state index contributed by atoms with van der Waals surface area (Å²) in [5.74, 6) is 0.470. The van der Waals surface area contributed by atoms with Crippen molar-refractivity contribution in [3.63, 3.8) is 0 Å². The number of ketones is 1. The predicted octanol–water partition coefficient (Wildman–Crippen LogP) is 2.72. The number of carboxylic acid groups (broad SMARTS) is 1. The second-order valence-electron chi connectivity index (χ2n) is 6.12. The zero-order chi connectivity index (χ0) is 17.8. The molecule has 1 aliphatic heterocycles. The van der Waals surface area contributed by atoms with E-state index in [9.17, 15) is 9.59 Å². The molecule has 3 rings (SSSR count). The number of Topliss-reactive ketones (excluding diaryl/α,β-unsaturated/α-hetero) is 1. The van der Waals surface area contributed by atoms with E-state index in [1.807, 2.05) is 18.2 Å². The van der Waals surface area contributed by atoms with Gasteiger partial charge in [0.2, 0.25) is 0 Å². The van der Waals surface area contributed by atoms with Crippen LogP contribution in [0.3, 0.4) is 0 Å². The van der Waals surface area contributed by atoms with E-state index in [1.165, 1.54) is 13.3 Å². The maximum Gasteiger partial charge on any atom is 0.306 e. The minimum absolute atomic E-state index is 0.0284. The van der Waals surface area contributed by atoms with Crippen LogP contribution in [-0.4, -0.2) is 39.9 Å². The molecular weight excluding hydrogens is 320 g/mol. The first kappa shape index (κ1) is 16.9. The van der Waals surface area contributed by atoms with Crippen LogP contribution in [0.5, 0.6) is 0 Å². The van der Waals surface area contributed by atoms with Gasteiger partial charge in [-0.3, -0.25) is 9.59 Å². The number of carbonyl (C=O) groups is 2. The van der Waals surface area contributed by atoms with Crippen molar-refractivity contribution in [2.75, 3.05) is 23.3 Å². The largest absolute Gasteiger partial charge is 0.481 e. The second-order valence-corrected chi connectivity index (χ2v) is 6.12. The van der Waals surface area contributed by atoms with Crippen molar-refractivity contribution in [3.8, 4) is 0 Å². The monoisotopic (exact) mass is 340 g/mol. The summed E-state index contributed by atoms with van der Waals surface area (Å²) < 4.78 is 0. The van der Waals surface area contributed by atoms with Crippen molar-refractivity contribution in [1.29, 1.82) is 0 Å². The van der Waals surface area contributed by atoms with Crippen molar-refractivity contribution in [3.05, 3.63) is 42.2 Å². The van der Waals surface area contributed by atoms with Crippen molar-refractivity contribution in [2.24, 2.45) is 5.92 Å². The van der Waals surface area contributed by atoms with E-state index < -0.39 is 5.97 Å². The molecule has 1 aromatic heterocycles. The Morgan fingerprint density at radius 2 is 1.84 bits per heavy atom. The van der Waals surface area contributed by atoms with E-state index in [-0.39, 0.29) is 11.7 Å². The molecule has 1 aliphatic rings. The number of aliphatic carboxylic acids is 1. The van der Waals surface area contributed by atoms with Gasteiger partial charge in [0.25, 0.3) is 0 Å². The fourth-order valence-electron chi connectivity index (χ4n) is 2.88. The van der Waals surface area contributed by atoms with Crippen LogP contribution >= 0.6 is 0 Å². The lowest BCUT2D eigenvalue weighted by Gasteiger charge is -2.31. The molecule has 0 spiro atoms. The van der Waals surface area contributed by atoms with E-state index >= 15 is 0 Å². The van der Waals surface area contributed by atoms with Crippen LogP contribution in [-0.2, 0) is 4.79 Å². The van der Waals surface area contributed by atoms with Gasteiger partial charge in [0.1, 0.15) is 18.0 Å². The molecule has 25 heavy (non-hydrogen) atoms. The smallest absolute Gasteiger partial charge is 0.306 e. The van der Waals surface area contributed by atoms with E-state index in [2.05, 4.69) is 20.2 Å². The van der Waals surface area contributed by atoms with Crippen molar-refractivity contribution in [1.82, 2.24) is 9.97 Å². The number of nitrogens with one attached hydrogen (secondary N) is 1. The first-order valence-electron chi connectivity index (χ1n) is 8.21. The summed E-state index contributed by atoms with van der Waals surface area (Å²) in [5, 5.41) is 12.3. The number of hydrogen-bond donors (Lipinski definition) is 2. The highest BCUT2D eigenvalue weighted by atomic mass is 16.4. The van der Waals surface area contributed by atoms with E-state index in [4.69, 9.17) is 5.11 Å². The molecule has 0 radical (unpaired) electrons. The molecule has 1 saturated heterocycles. The summed E-state index contributed by atoms with van der Waals surface area (Å²) in [5.41, 5.74) is 1.49. The number of piperidine rings is 1. The van der Waals surface area contributed by atoms with E-state index in [0.29, 0.717) is 37.3 Å². The molecule has 130 valence electrons. The number of aromatic nitrogens is 2. The molecule has 0 amide bonds. The highest BCUT2D eigenvalue weighted by Crippen LogP contribution is 2.24. The first-order valence-corrected chi connectivity index (χ1v) is 8.21. The standard InChI is InChI=1S/C18H20N4O3/c1-12(23)13-2-4-15(5-3-13)21-16-10-17(20-11-19-16)22-8-6-14(7-9-22)18(24)25/h2-5,10-11,14H,6-9H2,1H3,(H,24,25)(H,19,20,21). The maximum atomic E-state index is 11.3. The molecule has 1 aromatic carbocycles. The van der Waals surface area contributed by atoms with Gasteiger partial charge in [0.05, 0.1) is 5.92 Å². The summed E-state index contributed by atoms with van der Waals surface area (Å²) in [7, 11) is 0. The Morgan fingerprint density at radius 1 is 1.16 bits per heavy atom. The van der Waals surface area contributed by atoms with Gasteiger partial charge in [-0.05, 0) is 44.0 Å². The molecule has 2 aromatic rings. The van der Waals surface area contributed by atoms with Gasteiger partial charge in [-0.15, -0.1) is 0 Å². The summed E-state index contributed by atoms with van der Waals surface area (Å²) in [4.78, 5) is 33.0. The molecule has 0 aliphatic carbocycles. The Morgan fingerprint density at radius 3 is 2.44 bits per heavy atom. The Bertz CT molecular complexity index is 768. The van der Waals surface area contributed by atoms with Crippen LogP contribution in [0.4, 0.5) is 17.3 Å². The first-order chi connectivity index (χ1) is 12.0. The fraction of sp³-hybridized carbons (Fsp3) is 0.333. The summed E-state index contributed by atoms with van der Waals surface area (Å²) in [6, 6.07) is 9.04. The van der Waals surface area contributed by atoms with Gasteiger partial charge in [-0.25, -0.2) is 9.97 Å². The maximum absolute atomic E-state index is 11.3. The molecule has 0 unspecified atom stereocenters. The minimum atomic E-state index is -0.723. The third kappa shape index (κ3) is 4.12. The summed E-state index contributed by atoms with van der Waals surface area (Å²) in [6.07, 6.45) is 2.73. The third-order valence-electron chi connectivity index (χ3n) is 4.38. The predicted molar refractivity (Wildman–Crippen MR) is 94.3 cm³/mol. The Balaban J connectivity index is 1.67. The van der Waals surface area contributed by atoms with Crippen molar-refractivity contribution >= 4 is 29.1 Å². The number of benzene rings is 1. The molecule has 2 N–H and O–H groups in total. The van der Waals surface area contributed by atoms with Crippen LogP contribution in [0.1, 0.15) is 30.1 Å². The molecule has 7 heteroatoms. The lowest BCUT2D eigenvalue weighted by Crippen LogP contribution is -2.36. The highest BCUT2D eigenvalue weighted by Gasteiger charge is 2.25. The van der Waals surface area contributed by atoms with Gasteiger partial charge >= 0.3 is 5.97 Å². The molecule has 0 atom stereocenters. The number of carbonyl (C=O) groups excluding carboxylic acids is 1. The summed E-state index contributed by atoms with van der Waals surface area (Å²) in [6.45, 7) is 2.87. The van der Waals surface area contributed by atoms with Crippen molar-refractivity contribution < 1.29 is 14.7 Å². The van der Waals surface area contributed by atoms with E-state index in [0.717, 1.165) is 11.5 Å². The number of anilines is 3. The quantitative estimate of drug-likeness (QED) is 0.808. The number of carboxylic acids is 1. The Hall–Kier alpha value is -2.96. The fourth-order valence-corrected chi connectivity index (χ4v) is 2.88. The third-order valence-corrected chi connectivity index (χ3v) is 4.38. The molecular formula is C18H20N4O3. The minimum Gasteiger partial charge on any atom is -0.481 e. The molecule has 7 nitrogen and oxygen atoms in total. The van der Waals surface area contributed by atoms with Crippen LogP contribution in [0.15, 0.2) is 36.7 Å². The lowest BCUT2D eigenvalue weighted by molar-refractivity contribution is -0.142. The topological polar surface area (TPSA) is 95.4 Å². The van der Waals surface area contributed by atoms with Crippen LogP contribution < -0.4 is 10.2 Å². The molecule has 1 fully saturated rings. The molecule has 0 bridgehead atoms. The average Bonchev–Trinajstić information content (AvgIpc) is 2.62. The van der Waals surface area contributed by atoms with Gasteiger partial charge < -0.3 is 15.3 Å². The van der Waals surface area contributed by atoms with Gasteiger partial charge in [-0.1, -0.05) is 0 Å². The number of rotatable bonds is 5.